The lowest BCUT2D eigenvalue weighted by atomic mass is 10.0. The minimum absolute atomic E-state index is 0.0724. The molecule has 6 heteroatoms. The maximum absolute atomic E-state index is 13.1. The summed E-state index contributed by atoms with van der Waals surface area (Å²) in [5.74, 6) is -0.148. The van der Waals surface area contributed by atoms with Crippen LogP contribution in [0.2, 0.25) is 0 Å². The van der Waals surface area contributed by atoms with Crippen LogP contribution in [-0.2, 0) is 4.79 Å². The van der Waals surface area contributed by atoms with E-state index in [4.69, 9.17) is 5.73 Å². The number of benzene rings is 2. The number of carbonyl (C=O) groups is 1. The molecule has 3 N–H and O–H groups in total. The second-order valence-electron chi connectivity index (χ2n) is 7.98. The summed E-state index contributed by atoms with van der Waals surface area (Å²) in [6, 6.07) is 8.86. The predicted octanol–water partition coefficient (Wildman–Crippen LogP) is 3.87. The zero-order valence-corrected chi connectivity index (χ0v) is 17.8. The molecule has 1 aliphatic rings. The summed E-state index contributed by atoms with van der Waals surface area (Å²) < 4.78 is 13.1. The molecule has 1 heterocycles. The normalized spacial score (nSPS) is 14.7. The number of nitrogens with zero attached hydrogens (tertiary/aromatic N) is 2. The van der Waals surface area contributed by atoms with Crippen molar-refractivity contribution in [3.05, 3.63) is 52.8 Å². The molecule has 0 spiro atoms. The third-order valence-electron chi connectivity index (χ3n) is 6.04. The molecule has 0 unspecified atom stereocenters. The highest BCUT2D eigenvalue weighted by Crippen LogP contribution is 2.28. The molecule has 29 heavy (non-hydrogen) atoms. The van der Waals surface area contributed by atoms with Crippen molar-refractivity contribution in [1.82, 2.24) is 4.90 Å². The van der Waals surface area contributed by atoms with Crippen molar-refractivity contribution in [3.63, 3.8) is 0 Å². The van der Waals surface area contributed by atoms with Crippen molar-refractivity contribution in [1.29, 1.82) is 0 Å². The molecule has 156 valence electrons. The van der Waals surface area contributed by atoms with Crippen LogP contribution in [0.3, 0.4) is 0 Å². The van der Waals surface area contributed by atoms with Gasteiger partial charge in [-0.2, -0.15) is 0 Å². The molecule has 2 aromatic rings. The van der Waals surface area contributed by atoms with Crippen LogP contribution in [0.5, 0.6) is 0 Å². The quantitative estimate of drug-likeness (QED) is 0.751. The fourth-order valence-electron chi connectivity index (χ4n) is 4.13. The zero-order valence-electron chi connectivity index (χ0n) is 17.8. The number of carbonyl (C=O) groups excluding carboxylic acids is 1. The van der Waals surface area contributed by atoms with Crippen LogP contribution in [0.1, 0.15) is 29.5 Å². The predicted molar refractivity (Wildman–Crippen MR) is 118 cm³/mol. The van der Waals surface area contributed by atoms with E-state index in [0.29, 0.717) is 0 Å². The number of hydrogen-bond donors (Lipinski definition) is 2. The Bertz CT molecular complexity index is 873. The molecule has 0 atom stereocenters. The van der Waals surface area contributed by atoms with E-state index >= 15 is 0 Å². The number of halogens is 1. The van der Waals surface area contributed by atoms with Crippen LogP contribution in [-0.4, -0.2) is 43.5 Å². The molecular formula is C23H31FN4O. The molecule has 1 saturated heterocycles. The van der Waals surface area contributed by atoms with Crippen molar-refractivity contribution in [3.8, 4) is 0 Å². The third kappa shape index (κ3) is 4.63. The van der Waals surface area contributed by atoms with Crippen LogP contribution < -0.4 is 16.0 Å². The summed E-state index contributed by atoms with van der Waals surface area (Å²) >= 11 is 0. The lowest BCUT2D eigenvalue weighted by molar-refractivity contribution is -0.130. The smallest absolute Gasteiger partial charge is 0.241 e. The maximum atomic E-state index is 13.1. The first-order chi connectivity index (χ1) is 13.8. The largest absolute Gasteiger partial charge is 0.398 e. The van der Waals surface area contributed by atoms with E-state index in [2.05, 4.69) is 10.2 Å². The van der Waals surface area contributed by atoms with Gasteiger partial charge in [0.1, 0.15) is 5.82 Å². The van der Waals surface area contributed by atoms with Gasteiger partial charge in [0, 0.05) is 43.2 Å². The Labute approximate surface area is 172 Å². The summed E-state index contributed by atoms with van der Waals surface area (Å²) in [6.07, 6.45) is 1.80. The minimum Gasteiger partial charge on any atom is -0.398 e. The highest BCUT2D eigenvalue weighted by Gasteiger charge is 2.25. The number of nitrogens with one attached hydrogen (secondary N) is 1. The summed E-state index contributed by atoms with van der Waals surface area (Å²) in [6.45, 7) is 7.97. The van der Waals surface area contributed by atoms with E-state index in [9.17, 15) is 9.18 Å². The van der Waals surface area contributed by atoms with E-state index in [1.807, 2.05) is 50.9 Å². The van der Waals surface area contributed by atoms with E-state index < -0.39 is 0 Å². The number of anilines is 3. The molecule has 0 aromatic heterocycles. The van der Waals surface area contributed by atoms with Crippen LogP contribution in [0.4, 0.5) is 21.5 Å². The van der Waals surface area contributed by atoms with Gasteiger partial charge in [-0.25, -0.2) is 4.39 Å². The van der Waals surface area contributed by atoms with Crippen LogP contribution in [0.15, 0.2) is 30.3 Å². The van der Waals surface area contributed by atoms with Crippen molar-refractivity contribution < 1.29 is 9.18 Å². The molecule has 0 radical (unpaired) electrons. The number of likely N-dealkylation sites (N-methyl/N-ethyl adjacent to an activating group) is 1. The van der Waals surface area contributed by atoms with Gasteiger partial charge >= 0.3 is 0 Å². The molecule has 0 aliphatic carbocycles. The molecule has 1 aliphatic heterocycles. The van der Waals surface area contributed by atoms with Gasteiger partial charge in [-0.1, -0.05) is 6.07 Å². The van der Waals surface area contributed by atoms with Crippen LogP contribution >= 0.6 is 0 Å². The van der Waals surface area contributed by atoms with Gasteiger partial charge < -0.3 is 20.9 Å². The van der Waals surface area contributed by atoms with Gasteiger partial charge in [-0.3, -0.25) is 4.79 Å². The first kappa shape index (κ1) is 21.0. The Morgan fingerprint density at radius 1 is 1.17 bits per heavy atom. The molecular weight excluding hydrogens is 367 g/mol. The monoisotopic (exact) mass is 398 g/mol. The third-order valence-corrected chi connectivity index (χ3v) is 6.04. The Morgan fingerprint density at radius 3 is 2.41 bits per heavy atom. The van der Waals surface area contributed by atoms with E-state index in [0.717, 1.165) is 59.7 Å². The first-order valence-corrected chi connectivity index (χ1v) is 10.1. The van der Waals surface area contributed by atoms with Gasteiger partial charge in [-0.05, 0) is 74.6 Å². The fourth-order valence-corrected chi connectivity index (χ4v) is 4.13. The van der Waals surface area contributed by atoms with Gasteiger partial charge in [0.15, 0.2) is 0 Å². The highest BCUT2D eigenvalue weighted by atomic mass is 19.1. The van der Waals surface area contributed by atoms with Crippen molar-refractivity contribution in [2.75, 3.05) is 42.6 Å². The van der Waals surface area contributed by atoms with Crippen molar-refractivity contribution in [2.45, 2.75) is 39.7 Å². The van der Waals surface area contributed by atoms with Gasteiger partial charge in [0.05, 0.1) is 6.54 Å². The van der Waals surface area contributed by atoms with Gasteiger partial charge in [-0.15, -0.1) is 0 Å². The van der Waals surface area contributed by atoms with E-state index in [-0.39, 0.29) is 24.3 Å². The number of rotatable bonds is 5. The summed E-state index contributed by atoms with van der Waals surface area (Å²) in [4.78, 5) is 16.9. The lowest BCUT2D eigenvalue weighted by Crippen LogP contribution is -2.47. The lowest BCUT2D eigenvalue weighted by Gasteiger charge is -2.38. The number of amides is 1. The molecule has 1 fully saturated rings. The molecule has 2 aromatic carbocycles. The average molecular weight is 399 g/mol. The zero-order chi connectivity index (χ0) is 21.1. The van der Waals surface area contributed by atoms with E-state index in [1.54, 1.807) is 0 Å². The summed E-state index contributed by atoms with van der Waals surface area (Å²) in [5, 5.41) is 3.29. The average Bonchev–Trinajstić information content (AvgIpc) is 2.72. The Balaban J connectivity index is 1.55. The molecule has 0 bridgehead atoms. The molecule has 3 rings (SSSR count). The highest BCUT2D eigenvalue weighted by molar-refractivity contribution is 5.82. The number of nitrogen functional groups attached to an aromatic ring is 1. The Morgan fingerprint density at radius 2 is 1.79 bits per heavy atom. The SMILES string of the molecule is Cc1cc(C)c(NCC(=O)N(C)C2CCN(c3ccc(F)cc3)CC2)c(C)c1N. The van der Waals surface area contributed by atoms with Gasteiger partial charge in [0.2, 0.25) is 5.91 Å². The maximum Gasteiger partial charge on any atom is 0.241 e. The Hall–Kier alpha value is -2.76. The Kier molecular flexibility index (Phi) is 6.30. The minimum atomic E-state index is -0.220. The second kappa shape index (κ2) is 8.72. The summed E-state index contributed by atoms with van der Waals surface area (Å²) in [5.41, 5.74) is 12.0. The topological polar surface area (TPSA) is 61.6 Å². The molecule has 1 amide bonds. The number of nitrogens with two attached hydrogens (primary N) is 1. The standard InChI is InChI=1S/C23H31FN4O/c1-15-13-16(2)23(17(3)22(15)25)26-14-21(29)27(4)19-9-11-28(12-10-19)20-7-5-18(24)6-8-20/h5-8,13,19,26H,9-12,14,25H2,1-4H3. The van der Waals surface area contributed by atoms with E-state index in [1.165, 1.54) is 12.1 Å². The van der Waals surface area contributed by atoms with Crippen molar-refractivity contribution >= 4 is 23.0 Å². The first-order valence-electron chi connectivity index (χ1n) is 10.1. The number of aryl methyl sites for hydroxylation is 2. The van der Waals surface area contributed by atoms with Crippen LogP contribution in [0.25, 0.3) is 0 Å². The fraction of sp³-hybridized carbons (Fsp3) is 0.435. The second-order valence-corrected chi connectivity index (χ2v) is 7.98. The van der Waals surface area contributed by atoms with Crippen LogP contribution in [0, 0.1) is 26.6 Å². The molecule has 5 nitrogen and oxygen atoms in total. The van der Waals surface area contributed by atoms with Crippen molar-refractivity contribution in [2.24, 2.45) is 0 Å². The molecule has 0 saturated carbocycles. The summed E-state index contributed by atoms with van der Waals surface area (Å²) in [7, 11) is 1.88. The van der Waals surface area contributed by atoms with Gasteiger partial charge in [0.25, 0.3) is 0 Å². The number of piperidine rings is 1. The number of hydrogen-bond acceptors (Lipinski definition) is 4.